The normalized spacial score (nSPS) is 12.3. The second kappa shape index (κ2) is 4.55. The van der Waals surface area contributed by atoms with Crippen molar-refractivity contribution in [3.8, 4) is 11.5 Å². The van der Waals surface area contributed by atoms with E-state index in [1.165, 1.54) is 0 Å². The number of anilines is 4. The molecule has 0 radical (unpaired) electrons. The molecule has 1 aliphatic rings. The lowest BCUT2D eigenvalue weighted by molar-refractivity contribution is 0.483. The Morgan fingerprint density at radius 1 is 0.625 bits per heavy atom. The largest absolute Gasteiger partial charge is 0.453 e. The zero-order valence-electron chi connectivity index (χ0n) is 12.8. The Morgan fingerprint density at radius 3 is 1.50 bits per heavy atom. The molecule has 0 aromatic heterocycles. The van der Waals surface area contributed by atoms with Crippen LogP contribution < -0.4 is 21.5 Å². The van der Waals surface area contributed by atoms with Gasteiger partial charge in [-0.15, -0.1) is 0 Å². The SMILES string of the molecule is Nc1cc2c(c3ccccc13)Nc1c(cc(N)c3ccccc13)O2. The van der Waals surface area contributed by atoms with Crippen LogP contribution in [-0.4, -0.2) is 0 Å². The van der Waals surface area contributed by atoms with Crippen molar-refractivity contribution in [2.75, 3.05) is 16.8 Å². The van der Waals surface area contributed by atoms with E-state index in [9.17, 15) is 0 Å². The minimum atomic E-state index is 0.698. The fourth-order valence-corrected chi connectivity index (χ4v) is 3.42. The fourth-order valence-electron chi connectivity index (χ4n) is 3.42. The number of hydrogen-bond acceptors (Lipinski definition) is 4. The molecule has 0 bridgehead atoms. The summed E-state index contributed by atoms with van der Waals surface area (Å²) in [7, 11) is 0. The quantitative estimate of drug-likeness (QED) is 0.351. The summed E-state index contributed by atoms with van der Waals surface area (Å²) in [6.07, 6.45) is 0. The molecule has 4 heteroatoms. The van der Waals surface area contributed by atoms with E-state index in [1.807, 2.05) is 60.7 Å². The van der Waals surface area contributed by atoms with E-state index in [0.29, 0.717) is 22.9 Å². The molecule has 0 fully saturated rings. The average Bonchev–Trinajstić information content (AvgIpc) is 2.61. The van der Waals surface area contributed by atoms with Crippen LogP contribution in [-0.2, 0) is 0 Å². The summed E-state index contributed by atoms with van der Waals surface area (Å²) in [5, 5.41) is 7.65. The van der Waals surface area contributed by atoms with Crippen LogP contribution in [0.15, 0.2) is 60.7 Å². The lowest BCUT2D eigenvalue weighted by atomic mass is 10.0. The van der Waals surface area contributed by atoms with Gasteiger partial charge >= 0.3 is 0 Å². The van der Waals surface area contributed by atoms with Crippen molar-refractivity contribution in [2.45, 2.75) is 0 Å². The first-order valence-electron chi connectivity index (χ1n) is 7.79. The molecule has 0 aliphatic carbocycles. The Bertz CT molecular complexity index is 1050. The molecule has 4 aromatic carbocycles. The lowest BCUT2D eigenvalue weighted by Crippen LogP contribution is -2.06. The molecule has 0 atom stereocenters. The summed E-state index contributed by atoms with van der Waals surface area (Å²) in [4.78, 5) is 0. The average molecular weight is 313 g/mol. The maximum Gasteiger partial charge on any atom is 0.153 e. The van der Waals surface area contributed by atoms with Gasteiger partial charge in [0, 0.05) is 45.1 Å². The van der Waals surface area contributed by atoms with Crippen LogP contribution in [0.2, 0.25) is 0 Å². The molecule has 5 rings (SSSR count). The monoisotopic (exact) mass is 313 g/mol. The second-order valence-corrected chi connectivity index (χ2v) is 6.00. The number of nitrogens with two attached hydrogens (primary N) is 2. The Balaban J connectivity index is 1.83. The van der Waals surface area contributed by atoms with Gasteiger partial charge in [-0.3, -0.25) is 0 Å². The van der Waals surface area contributed by atoms with E-state index in [-0.39, 0.29) is 0 Å². The summed E-state index contributed by atoms with van der Waals surface area (Å²) in [6, 6.07) is 19.8. The van der Waals surface area contributed by atoms with Crippen molar-refractivity contribution in [3.05, 3.63) is 60.7 Å². The minimum absolute atomic E-state index is 0.698. The van der Waals surface area contributed by atoms with Gasteiger partial charge in [0.15, 0.2) is 11.5 Å². The van der Waals surface area contributed by atoms with Gasteiger partial charge in [0.05, 0.1) is 11.4 Å². The van der Waals surface area contributed by atoms with Crippen LogP contribution in [0.5, 0.6) is 11.5 Å². The standard InChI is InChI=1S/C20H15N3O/c21-15-9-17-19(13-7-3-1-5-11(13)15)23-20-14-8-4-2-6-12(14)16(22)10-18(20)24-17/h1-10,23H,21-22H2. The highest BCUT2D eigenvalue weighted by Crippen LogP contribution is 2.50. The Labute approximate surface area is 138 Å². The fraction of sp³-hybridized carbons (Fsp3) is 0. The molecule has 5 N–H and O–H groups in total. The van der Waals surface area contributed by atoms with Crippen LogP contribution >= 0.6 is 0 Å². The third kappa shape index (κ3) is 1.68. The molecule has 24 heavy (non-hydrogen) atoms. The van der Waals surface area contributed by atoms with Gasteiger partial charge in [0.2, 0.25) is 0 Å². The molecular weight excluding hydrogens is 298 g/mol. The number of hydrogen-bond donors (Lipinski definition) is 3. The molecule has 0 spiro atoms. The predicted molar refractivity (Wildman–Crippen MR) is 100 cm³/mol. The number of benzene rings is 4. The van der Waals surface area contributed by atoms with E-state index in [4.69, 9.17) is 16.2 Å². The molecule has 4 nitrogen and oxygen atoms in total. The number of ether oxygens (including phenoxy) is 1. The summed E-state index contributed by atoms with van der Waals surface area (Å²) in [5.41, 5.74) is 15.6. The van der Waals surface area contributed by atoms with Crippen LogP contribution in [0.25, 0.3) is 21.5 Å². The first kappa shape index (κ1) is 13.1. The van der Waals surface area contributed by atoms with Gasteiger partial charge in [-0.2, -0.15) is 0 Å². The van der Waals surface area contributed by atoms with Crippen LogP contribution in [0.3, 0.4) is 0 Å². The topological polar surface area (TPSA) is 73.3 Å². The molecule has 4 aromatic rings. The Kier molecular flexibility index (Phi) is 2.48. The Hall–Kier alpha value is -3.40. The van der Waals surface area contributed by atoms with Gasteiger partial charge in [-0.25, -0.2) is 0 Å². The van der Waals surface area contributed by atoms with Gasteiger partial charge in [0.25, 0.3) is 0 Å². The molecule has 116 valence electrons. The minimum Gasteiger partial charge on any atom is -0.453 e. The van der Waals surface area contributed by atoms with Gasteiger partial charge < -0.3 is 21.5 Å². The third-order valence-electron chi connectivity index (χ3n) is 4.55. The molecule has 1 heterocycles. The molecular formula is C20H15N3O. The third-order valence-corrected chi connectivity index (χ3v) is 4.55. The van der Waals surface area contributed by atoms with Crippen LogP contribution in [0.1, 0.15) is 0 Å². The van der Waals surface area contributed by atoms with Crippen LogP contribution in [0.4, 0.5) is 22.7 Å². The van der Waals surface area contributed by atoms with E-state index >= 15 is 0 Å². The zero-order valence-corrected chi connectivity index (χ0v) is 12.8. The summed E-state index contributed by atoms with van der Waals surface area (Å²) in [6.45, 7) is 0. The molecule has 0 unspecified atom stereocenters. The second-order valence-electron chi connectivity index (χ2n) is 6.00. The van der Waals surface area contributed by atoms with Crippen molar-refractivity contribution in [1.82, 2.24) is 0 Å². The van der Waals surface area contributed by atoms with E-state index < -0.39 is 0 Å². The van der Waals surface area contributed by atoms with E-state index in [2.05, 4.69) is 5.32 Å². The van der Waals surface area contributed by atoms with Crippen molar-refractivity contribution in [1.29, 1.82) is 0 Å². The first-order valence-corrected chi connectivity index (χ1v) is 7.79. The number of rotatable bonds is 0. The summed E-state index contributed by atoms with van der Waals surface area (Å²) < 4.78 is 6.13. The van der Waals surface area contributed by atoms with Gasteiger partial charge in [-0.1, -0.05) is 48.5 Å². The number of nitrogen functional groups attached to an aromatic ring is 2. The lowest BCUT2D eigenvalue weighted by Gasteiger charge is -2.25. The zero-order chi connectivity index (χ0) is 16.3. The maximum absolute atomic E-state index is 6.19. The highest BCUT2D eigenvalue weighted by Gasteiger charge is 2.22. The summed E-state index contributed by atoms with van der Waals surface area (Å²) >= 11 is 0. The number of fused-ring (bicyclic) bond motifs is 6. The van der Waals surface area contributed by atoms with Gasteiger partial charge in [0.1, 0.15) is 0 Å². The maximum atomic E-state index is 6.19. The smallest absolute Gasteiger partial charge is 0.153 e. The van der Waals surface area contributed by atoms with Gasteiger partial charge in [-0.05, 0) is 0 Å². The molecule has 0 saturated carbocycles. The van der Waals surface area contributed by atoms with Crippen molar-refractivity contribution < 1.29 is 4.74 Å². The van der Waals surface area contributed by atoms with Crippen molar-refractivity contribution in [2.24, 2.45) is 0 Å². The van der Waals surface area contributed by atoms with Crippen molar-refractivity contribution in [3.63, 3.8) is 0 Å². The van der Waals surface area contributed by atoms with Crippen LogP contribution in [0, 0.1) is 0 Å². The van der Waals surface area contributed by atoms with E-state index in [1.54, 1.807) is 0 Å². The number of nitrogens with one attached hydrogen (secondary N) is 1. The highest BCUT2D eigenvalue weighted by molar-refractivity contribution is 6.11. The molecule has 0 saturated heterocycles. The molecule has 1 aliphatic heterocycles. The van der Waals surface area contributed by atoms with Crippen molar-refractivity contribution >= 4 is 44.3 Å². The predicted octanol–water partition coefficient (Wildman–Crippen LogP) is 5.01. The first-order chi connectivity index (χ1) is 11.7. The summed E-state index contributed by atoms with van der Waals surface area (Å²) in [5.74, 6) is 1.43. The molecule has 0 amide bonds. The highest BCUT2D eigenvalue weighted by atomic mass is 16.5. The van der Waals surface area contributed by atoms with E-state index in [0.717, 1.165) is 32.9 Å². The Morgan fingerprint density at radius 2 is 1.04 bits per heavy atom.